The highest BCUT2D eigenvalue weighted by molar-refractivity contribution is 7.18. The van der Waals surface area contributed by atoms with Gasteiger partial charge in [0.15, 0.2) is 5.82 Å². The summed E-state index contributed by atoms with van der Waals surface area (Å²) in [6.45, 7) is 6.09. The highest BCUT2D eigenvalue weighted by atomic mass is 32.1. The molecule has 1 N–H and O–H groups in total. The van der Waals surface area contributed by atoms with Gasteiger partial charge < -0.3 is 10.1 Å². The average Bonchev–Trinajstić information content (AvgIpc) is 3.08. The van der Waals surface area contributed by atoms with Gasteiger partial charge in [-0.15, -0.1) is 0 Å². The highest BCUT2D eigenvalue weighted by Gasteiger charge is 2.27. The first kappa shape index (κ1) is 16.2. The van der Waals surface area contributed by atoms with E-state index in [0.717, 1.165) is 59.9 Å². The molecule has 2 aromatic heterocycles. The molecule has 1 aliphatic heterocycles. The van der Waals surface area contributed by atoms with Crippen molar-refractivity contribution in [2.24, 2.45) is 0 Å². The van der Waals surface area contributed by atoms with Gasteiger partial charge >= 0.3 is 0 Å². The van der Waals surface area contributed by atoms with Gasteiger partial charge in [0.05, 0.1) is 18.2 Å². The number of nitrogens with zero attached hydrogens (tertiary/aromatic N) is 4. The van der Waals surface area contributed by atoms with Crippen LogP contribution in [0, 0.1) is 0 Å². The van der Waals surface area contributed by atoms with Crippen molar-refractivity contribution < 1.29 is 4.74 Å². The van der Waals surface area contributed by atoms with E-state index in [1.165, 1.54) is 25.7 Å². The second-order valence-corrected chi connectivity index (χ2v) is 7.70. The minimum absolute atomic E-state index is 0.493. The van der Waals surface area contributed by atoms with Gasteiger partial charge in [-0.2, -0.15) is 0 Å². The molecule has 2 aromatic rings. The van der Waals surface area contributed by atoms with Gasteiger partial charge in [0, 0.05) is 25.2 Å². The molecule has 6 nitrogen and oxygen atoms in total. The number of hydrogen-bond donors (Lipinski definition) is 1. The van der Waals surface area contributed by atoms with E-state index in [1.807, 2.05) is 0 Å². The number of aryl methyl sites for hydroxylation is 1. The van der Waals surface area contributed by atoms with Gasteiger partial charge in [-0.3, -0.25) is 4.90 Å². The largest absolute Gasteiger partial charge is 0.379 e. The summed E-state index contributed by atoms with van der Waals surface area (Å²) < 4.78 is 5.47. The van der Waals surface area contributed by atoms with Gasteiger partial charge in [-0.25, -0.2) is 15.0 Å². The maximum absolute atomic E-state index is 5.47. The van der Waals surface area contributed by atoms with Crippen molar-refractivity contribution in [1.82, 2.24) is 19.9 Å². The lowest BCUT2D eigenvalue weighted by Gasteiger charge is -2.39. The Hall–Kier alpha value is -1.31. The molecule has 0 bridgehead atoms. The van der Waals surface area contributed by atoms with E-state index in [2.05, 4.69) is 27.1 Å². The molecule has 0 unspecified atom stereocenters. The molecule has 0 amide bonds. The Labute approximate surface area is 146 Å². The van der Waals surface area contributed by atoms with Crippen LogP contribution in [-0.4, -0.2) is 58.2 Å². The summed E-state index contributed by atoms with van der Waals surface area (Å²) in [5.74, 6) is 0.908. The molecule has 2 aliphatic rings. The topological polar surface area (TPSA) is 63.2 Å². The van der Waals surface area contributed by atoms with Crippen molar-refractivity contribution in [2.75, 3.05) is 31.6 Å². The van der Waals surface area contributed by atoms with Crippen LogP contribution in [0.25, 0.3) is 10.3 Å². The third-order valence-corrected chi connectivity index (χ3v) is 6.25. The number of aromatic nitrogens is 3. The first-order valence-electron chi connectivity index (χ1n) is 9.02. The fourth-order valence-corrected chi connectivity index (χ4v) is 4.62. The number of ether oxygens (including phenoxy) is 1. The second kappa shape index (κ2) is 7.29. The van der Waals surface area contributed by atoms with Crippen LogP contribution < -0.4 is 5.32 Å². The van der Waals surface area contributed by atoms with E-state index >= 15 is 0 Å². The van der Waals surface area contributed by atoms with Crippen LogP contribution in [0.5, 0.6) is 0 Å². The van der Waals surface area contributed by atoms with Crippen molar-refractivity contribution in [3.8, 4) is 0 Å². The number of morpholine rings is 1. The summed E-state index contributed by atoms with van der Waals surface area (Å²) in [6, 6.07) is 1.22. The van der Waals surface area contributed by atoms with Crippen LogP contribution in [0.4, 0.5) is 5.82 Å². The van der Waals surface area contributed by atoms with Gasteiger partial charge in [0.2, 0.25) is 0 Å². The summed E-state index contributed by atoms with van der Waals surface area (Å²) in [5, 5.41) is 4.76. The molecule has 3 heterocycles. The van der Waals surface area contributed by atoms with Crippen LogP contribution >= 0.6 is 11.3 Å². The maximum atomic E-state index is 5.47. The smallest absolute Gasteiger partial charge is 0.157 e. The molecule has 1 saturated heterocycles. The Balaban J connectivity index is 1.39. The van der Waals surface area contributed by atoms with Crippen LogP contribution in [-0.2, 0) is 11.2 Å². The fraction of sp³-hybridized carbons (Fsp3) is 0.706. The van der Waals surface area contributed by atoms with Gasteiger partial charge in [0.1, 0.15) is 16.7 Å². The summed E-state index contributed by atoms with van der Waals surface area (Å²) in [7, 11) is 0. The van der Waals surface area contributed by atoms with Crippen molar-refractivity contribution in [3.05, 3.63) is 11.3 Å². The minimum Gasteiger partial charge on any atom is -0.379 e. The van der Waals surface area contributed by atoms with E-state index in [4.69, 9.17) is 9.72 Å². The van der Waals surface area contributed by atoms with E-state index in [9.17, 15) is 0 Å². The Morgan fingerprint density at radius 3 is 2.75 bits per heavy atom. The van der Waals surface area contributed by atoms with Crippen molar-refractivity contribution >= 4 is 27.5 Å². The lowest BCUT2D eigenvalue weighted by molar-refractivity contribution is 0.00791. The number of anilines is 1. The van der Waals surface area contributed by atoms with Crippen LogP contribution in [0.2, 0.25) is 0 Å². The quantitative estimate of drug-likeness (QED) is 0.917. The number of hydrogen-bond acceptors (Lipinski definition) is 7. The molecule has 0 radical (unpaired) electrons. The Morgan fingerprint density at radius 1 is 1.21 bits per heavy atom. The van der Waals surface area contributed by atoms with E-state index in [1.54, 1.807) is 17.7 Å². The molecule has 24 heavy (non-hydrogen) atoms. The third kappa shape index (κ3) is 3.38. The maximum Gasteiger partial charge on any atom is 0.157 e. The number of fused-ring (bicyclic) bond motifs is 1. The minimum atomic E-state index is 0.493. The zero-order valence-corrected chi connectivity index (χ0v) is 15.0. The predicted octanol–water partition coefficient (Wildman–Crippen LogP) is 2.70. The third-order valence-electron chi connectivity index (χ3n) is 5.14. The van der Waals surface area contributed by atoms with Crippen LogP contribution in [0.1, 0.15) is 37.6 Å². The molecule has 4 rings (SSSR count). The van der Waals surface area contributed by atoms with E-state index < -0.39 is 0 Å². The average molecular weight is 347 g/mol. The second-order valence-electron chi connectivity index (χ2n) is 6.64. The Bertz CT molecular complexity index is 677. The van der Waals surface area contributed by atoms with E-state index in [0.29, 0.717) is 6.04 Å². The number of rotatable bonds is 4. The van der Waals surface area contributed by atoms with Crippen molar-refractivity contribution in [1.29, 1.82) is 0 Å². The summed E-state index contributed by atoms with van der Waals surface area (Å²) in [6.07, 6.45) is 7.50. The summed E-state index contributed by atoms with van der Waals surface area (Å²) in [4.78, 5) is 17.1. The van der Waals surface area contributed by atoms with Crippen LogP contribution in [0.15, 0.2) is 6.33 Å². The highest BCUT2D eigenvalue weighted by Crippen LogP contribution is 2.29. The standard InChI is InChI=1S/C17H25N5OS/c1-2-14-21-15-16(18-11-19-17(15)24-14)20-12-3-5-13(6-4-12)22-7-9-23-10-8-22/h11-13H,2-10H2,1H3,(H,18,19,20). The lowest BCUT2D eigenvalue weighted by Crippen LogP contribution is -2.46. The van der Waals surface area contributed by atoms with E-state index in [-0.39, 0.29) is 0 Å². The molecule has 1 aliphatic carbocycles. The monoisotopic (exact) mass is 347 g/mol. The molecule has 0 atom stereocenters. The first-order chi connectivity index (χ1) is 11.8. The normalized spacial score (nSPS) is 25.9. The molecule has 0 spiro atoms. The molecular formula is C17H25N5OS. The predicted molar refractivity (Wildman–Crippen MR) is 96.6 cm³/mol. The van der Waals surface area contributed by atoms with Crippen LogP contribution in [0.3, 0.4) is 0 Å². The lowest BCUT2D eigenvalue weighted by atomic mass is 9.90. The molecule has 1 saturated carbocycles. The van der Waals surface area contributed by atoms with Gasteiger partial charge in [0.25, 0.3) is 0 Å². The Kier molecular flexibility index (Phi) is 4.91. The molecular weight excluding hydrogens is 322 g/mol. The summed E-state index contributed by atoms with van der Waals surface area (Å²) in [5.41, 5.74) is 0.939. The zero-order valence-electron chi connectivity index (χ0n) is 14.2. The molecule has 0 aromatic carbocycles. The number of nitrogens with one attached hydrogen (secondary N) is 1. The van der Waals surface area contributed by atoms with Crippen molar-refractivity contribution in [2.45, 2.75) is 51.1 Å². The van der Waals surface area contributed by atoms with Gasteiger partial charge in [-0.1, -0.05) is 18.3 Å². The first-order valence-corrected chi connectivity index (χ1v) is 9.84. The zero-order chi connectivity index (χ0) is 16.4. The number of thiazole rings is 1. The molecule has 7 heteroatoms. The van der Waals surface area contributed by atoms with Gasteiger partial charge in [-0.05, 0) is 32.1 Å². The Morgan fingerprint density at radius 2 is 2.00 bits per heavy atom. The SMILES string of the molecule is CCc1nc2c(NC3CCC(N4CCOCC4)CC3)ncnc2s1. The molecule has 130 valence electrons. The fourth-order valence-electron chi connectivity index (χ4n) is 3.78. The molecule has 2 fully saturated rings. The summed E-state index contributed by atoms with van der Waals surface area (Å²) >= 11 is 1.67. The van der Waals surface area contributed by atoms with Crippen molar-refractivity contribution in [3.63, 3.8) is 0 Å².